The van der Waals surface area contributed by atoms with Crippen LogP contribution in [0, 0.1) is 20.2 Å². The Morgan fingerprint density at radius 2 is 1.85 bits per heavy atom. The van der Waals surface area contributed by atoms with Crippen molar-refractivity contribution in [1.82, 2.24) is 5.43 Å². The summed E-state index contributed by atoms with van der Waals surface area (Å²) in [4.78, 5) is 38.5. The van der Waals surface area contributed by atoms with Crippen molar-refractivity contribution < 1.29 is 19.4 Å². The topological polar surface area (TPSA) is 149 Å². The van der Waals surface area contributed by atoms with Crippen LogP contribution < -0.4 is 10.9 Å². The minimum atomic E-state index is -0.722. The number of aliphatic imine (C=N–C) groups is 1. The van der Waals surface area contributed by atoms with Gasteiger partial charge in [0, 0.05) is 18.2 Å². The van der Waals surface area contributed by atoms with Crippen LogP contribution in [-0.2, 0) is 9.53 Å². The third-order valence-corrected chi connectivity index (χ3v) is 4.92. The molecule has 0 amide bonds. The van der Waals surface area contributed by atoms with Crippen molar-refractivity contribution >= 4 is 34.4 Å². The van der Waals surface area contributed by atoms with Gasteiger partial charge in [-0.05, 0) is 32.3 Å². The summed E-state index contributed by atoms with van der Waals surface area (Å²) in [6.45, 7) is 2.45. The summed E-state index contributed by atoms with van der Waals surface area (Å²) in [6.07, 6.45) is 2.37. The zero-order valence-corrected chi connectivity index (χ0v) is 17.9. The number of nitro benzene ring substituents is 2. The Kier molecular flexibility index (Phi) is 7.68. The lowest BCUT2D eigenvalue weighted by atomic mass is 9.97. The van der Waals surface area contributed by atoms with Gasteiger partial charge >= 0.3 is 11.7 Å². The van der Waals surface area contributed by atoms with Crippen LogP contribution in [0.3, 0.4) is 0 Å². The van der Waals surface area contributed by atoms with E-state index < -0.39 is 27.2 Å². The summed E-state index contributed by atoms with van der Waals surface area (Å²) in [6, 6.07) is 12.2. The van der Waals surface area contributed by atoms with Crippen LogP contribution in [0.2, 0.25) is 0 Å². The number of benzene rings is 2. The van der Waals surface area contributed by atoms with Crippen LogP contribution in [0.25, 0.3) is 5.70 Å². The van der Waals surface area contributed by atoms with Crippen LogP contribution in [-0.4, -0.2) is 34.7 Å². The molecule has 0 bridgehead atoms. The average molecular weight is 453 g/mol. The number of nitrogens with one attached hydrogen (secondary N) is 2. The Balaban J connectivity index is 2.08. The van der Waals surface area contributed by atoms with Gasteiger partial charge in [-0.15, -0.1) is 0 Å². The highest BCUT2D eigenvalue weighted by Gasteiger charge is 2.26. The molecule has 0 aromatic heterocycles. The summed E-state index contributed by atoms with van der Waals surface area (Å²) >= 11 is 0. The fraction of sp³-hybridized carbons (Fsp3) is 0.273. The molecule has 1 aliphatic heterocycles. The molecule has 11 heteroatoms. The van der Waals surface area contributed by atoms with E-state index in [1.54, 1.807) is 31.2 Å². The Morgan fingerprint density at radius 1 is 1.09 bits per heavy atom. The number of rotatable bonds is 9. The number of hydrogen-bond acceptors (Lipinski definition) is 9. The van der Waals surface area contributed by atoms with Gasteiger partial charge in [0.1, 0.15) is 11.3 Å². The molecule has 0 fully saturated rings. The lowest BCUT2D eigenvalue weighted by Crippen LogP contribution is -2.28. The minimum Gasteiger partial charge on any atom is -0.462 e. The van der Waals surface area contributed by atoms with Gasteiger partial charge in [0.25, 0.3) is 5.69 Å². The van der Waals surface area contributed by atoms with Gasteiger partial charge < -0.3 is 4.74 Å². The van der Waals surface area contributed by atoms with E-state index in [9.17, 15) is 25.0 Å². The smallest absolute Gasteiger partial charge is 0.342 e. The molecule has 33 heavy (non-hydrogen) atoms. The number of hydrogen-bond donors (Lipinski definition) is 2. The molecule has 0 atom stereocenters. The lowest BCUT2D eigenvalue weighted by molar-refractivity contribution is -0.393. The molecule has 1 heterocycles. The standard InChI is InChI=1S/C22H23N5O6/c1-2-33-22(28)20(18-10-6-7-13-23-18)21(15-8-4-3-5-9-15)25-24-17-12-11-16(26(29)30)14-19(17)27(31)32/h3-5,8-9,11-12,14,24-25H,2,6-7,10,13H2,1H3/b21-20-. The molecule has 0 saturated heterocycles. The zero-order chi connectivity index (χ0) is 23.8. The van der Waals surface area contributed by atoms with Crippen LogP contribution in [0.4, 0.5) is 17.1 Å². The molecule has 0 spiro atoms. The third-order valence-electron chi connectivity index (χ3n) is 4.92. The second kappa shape index (κ2) is 10.8. The fourth-order valence-electron chi connectivity index (χ4n) is 3.37. The third kappa shape index (κ3) is 5.70. The molecule has 2 N–H and O–H groups in total. The number of anilines is 1. The van der Waals surface area contributed by atoms with Gasteiger partial charge in [0.15, 0.2) is 0 Å². The minimum absolute atomic E-state index is 0.00665. The lowest BCUT2D eigenvalue weighted by Gasteiger charge is -2.21. The van der Waals surface area contributed by atoms with Crippen molar-refractivity contribution in [2.75, 3.05) is 18.6 Å². The number of carbonyl (C=O) groups excluding carboxylic acids is 1. The van der Waals surface area contributed by atoms with Crippen molar-refractivity contribution in [3.05, 3.63) is 79.9 Å². The van der Waals surface area contributed by atoms with Crippen molar-refractivity contribution in [2.24, 2.45) is 4.99 Å². The predicted octanol–water partition coefficient (Wildman–Crippen LogP) is 4.02. The predicted molar refractivity (Wildman–Crippen MR) is 123 cm³/mol. The monoisotopic (exact) mass is 453 g/mol. The van der Waals surface area contributed by atoms with E-state index in [2.05, 4.69) is 15.8 Å². The van der Waals surface area contributed by atoms with E-state index in [1.807, 2.05) is 6.07 Å². The van der Waals surface area contributed by atoms with E-state index in [-0.39, 0.29) is 17.9 Å². The summed E-state index contributed by atoms with van der Waals surface area (Å²) < 4.78 is 5.29. The van der Waals surface area contributed by atoms with Crippen LogP contribution in [0.5, 0.6) is 0 Å². The van der Waals surface area contributed by atoms with Crippen molar-refractivity contribution in [2.45, 2.75) is 26.2 Å². The number of hydrazine groups is 1. The highest BCUT2D eigenvalue weighted by molar-refractivity contribution is 6.24. The number of nitro groups is 2. The van der Waals surface area contributed by atoms with Gasteiger partial charge in [-0.3, -0.25) is 36.1 Å². The van der Waals surface area contributed by atoms with E-state index in [4.69, 9.17) is 4.74 Å². The maximum atomic E-state index is 13.0. The number of carbonyl (C=O) groups is 1. The first-order chi connectivity index (χ1) is 15.9. The summed E-state index contributed by atoms with van der Waals surface area (Å²) in [5.74, 6) is -0.565. The molecule has 3 rings (SSSR count). The Labute approximate surface area is 189 Å². The number of non-ortho nitro benzene ring substituents is 1. The molecular formula is C22H23N5O6. The fourth-order valence-corrected chi connectivity index (χ4v) is 3.37. The van der Waals surface area contributed by atoms with E-state index >= 15 is 0 Å². The van der Waals surface area contributed by atoms with Gasteiger partial charge in [0.2, 0.25) is 0 Å². The van der Waals surface area contributed by atoms with Gasteiger partial charge in [-0.1, -0.05) is 30.3 Å². The van der Waals surface area contributed by atoms with Crippen molar-refractivity contribution in [3.63, 3.8) is 0 Å². The molecule has 172 valence electrons. The van der Waals surface area contributed by atoms with Crippen LogP contribution in [0.1, 0.15) is 31.7 Å². The second-order valence-electron chi connectivity index (χ2n) is 7.09. The largest absolute Gasteiger partial charge is 0.462 e. The molecule has 0 unspecified atom stereocenters. The molecule has 0 aliphatic carbocycles. The summed E-state index contributed by atoms with van der Waals surface area (Å²) in [5.41, 5.74) is 6.54. The first kappa shape index (κ1) is 23.4. The van der Waals surface area contributed by atoms with E-state index in [0.29, 0.717) is 29.9 Å². The molecule has 0 saturated carbocycles. The van der Waals surface area contributed by atoms with E-state index in [1.165, 1.54) is 6.07 Å². The SMILES string of the molecule is CCOC(=O)/C(C1=NCCCC1)=C(\NNc1ccc([N+](=O)[O-])cc1[N+](=O)[O-])c1ccccc1. The number of esters is 1. The van der Waals surface area contributed by atoms with Crippen molar-refractivity contribution in [1.29, 1.82) is 0 Å². The average Bonchev–Trinajstić information content (AvgIpc) is 2.82. The molecule has 11 nitrogen and oxygen atoms in total. The highest BCUT2D eigenvalue weighted by atomic mass is 16.6. The summed E-state index contributed by atoms with van der Waals surface area (Å²) in [7, 11) is 0. The Hall–Kier alpha value is -4.28. The van der Waals surface area contributed by atoms with Gasteiger partial charge in [-0.25, -0.2) is 4.79 Å². The zero-order valence-electron chi connectivity index (χ0n) is 17.9. The first-order valence-corrected chi connectivity index (χ1v) is 10.4. The molecule has 2 aromatic carbocycles. The maximum absolute atomic E-state index is 13.0. The highest BCUT2D eigenvalue weighted by Crippen LogP contribution is 2.29. The van der Waals surface area contributed by atoms with Gasteiger partial charge in [-0.2, -0.15) is 0 Å². The number of ether oxygens (including phenoxy) is 1. The van der Waals surface area contributed by atoms with Crippen molar-refractivity contribution in [3.8, 4) is 0 Å². The Morgan fingerprint density at radius 3 is 2.45 bits per heavy atom. The van der Waals surface area contributed by atoms with Crippen LogP contribution >= 0.6 is 0 Å². The first-order valence-electron chi connectivity index (χ1n) is 10.4. The molecule has 0 radical (unpaired) electrons. The molecular weight excluding hydrogens is 430 g/mol. The number of nitrogens with zero attached hydrogens (tertiary/aromatic N) is 3. The normalized spacial score (nSPS) is 13.9. The summed E-state index contributed by atoms with van der Waals surface area (Å²) in [5, 5.41) is 22.5. The molecule has 2 aromatic rings. The maximum Gasteiger partial charge on any atom is 0.342 e. The quantitative estimate of drug-likeness (QED) is 0.250. The van der Waals surface area contributed by atoms with E-state index in [0.717, 1.165) is 25.0 Å². The second-order valence-corrected chi connectivity index (χ2v) is 7.09. The van der Waals surface area contributed by atoms with Crippen LogP contribution in [0.15, 0.2) is 59.1 Å². The Bertz CT molecular complexity index is 1110. The van der Waals surface area contributed by atoms with Gasteiger partial charge in [0.05, 0.1) is 33.9 Å². The molecule has 1 aliphatic rings.